The van der Waals surface area contributed by atoms with Gasteiger partial charge in [0.2, 0.25) is 5.95 Å². The third kappa shape index (κ3) is 2.31. The van der Waals surface area contributed by atoms with Gasteiger partial charge in [0, 0.05) is 38.0 Å². The summed E-state index contributed by atoms with van der Waals surface area (Å²) < 4.78 is 27.4. The lowest BCUT2D eigenvalue weighted by Gasteiger charge is -2.39. The van der Waals surface area contributed by atoms with Crippen LogP contribution in [-0.2, 0) is 0 Å². The molecule has 2 amide bonds. The molecule has 1 aromatic heterocycles. The van der Waals surface area contributed by atoms with Gasteiger partial charge in [-0.1, -0.05) is 0 Å². The number of amides is 2. The van der Waals surface area contributed by atoms with Gasteiger partial charge in [0.05, 0.1) is 18.1 Å². The number of carbonyl (C=O) groups is 1. The summed E-state index contributed by atoms with van der Waals surface area (Å²) in [6.07, 6.45) is 5.56. The van der Waals surface area contributed by atoms with Gasteiger partial charge >= 0.3 is 6.03 Å². The molecule has 2 bridgehead atoms. The highest BCUT2D eigenvalue weighted by atomic mass is 19.3. The van der Waals surface area contributed by atoms with E-state index in [9.17, 15) is 13.6 Å². The van der Waals surface area contributed by atoms with E-state index in [-0.39, 0.29) is 24.5 Å². The van der Waals surface area contributed by atoms with Gasteiger partial charge in [-0.05, 0) is 25.7 Å². The Morgan fingerprint density at radius 1 is 1.25 bits per heavy atom. The molecule has 2 unspecified atom stereocenters. The molecule has 1 N–H and O–H groups in total. The van der Waals surface area contributed by atoms with Crippen LogP contribution in [0.15, 0.2) is 12.4 Å². The van der Waals surface area contributed by atoms with Crippen molar-refractivity contribution in [1.29, 1.82) is 0 Å². The molecule has 1 aromatic rings. The number of rotatable bonds is 2. The van der Waals surface area contributed by atoms with Crippen LogP contribution in [-0.4, -0.2) is 53.0 Å². The Kier molecular flexibility index (Phi) is 3.24. The van der Waals surface area contributed by atoms with Gasteiger partial charge in [0.25, 0.3) is 5.92 Å². The highest BCUT2D eigenvalue weighted by Gasteiger charge is 2.74. The third-order valence-electron chi connectivity index (χ3n) is 5.61. The zero-order valence-corrected chi connectivity index (χ0v) is 13.8. The van der Waals surface area contributed by atoms with E-state index in [2.05, 4.69) is 15.3 Å². The summed E-state index contributed by atoms with van der Waals surface area (Å²) in [6, 6.07) is -0.402. The van der Waals surface area contributed by atoms with Gasteiger partial charge in [0.1, 0.15) is 0 Å². The molecule has 4 rings (SSSR count). The lowest BCUT2D eigenvalue weighted by atomic mass is 9.87. The molecule has 0 aromatic carbocycles. The summed E-state index contributed by atoms with van der Waals surface area (Å²) in [5.41, 5.74) is -0.325. The molecule has 0 radical (unpaired) electrons. The SMILES string of the molecule is CN(C)c1ncc(NC(=O)N2C3CCC2CC2(C3)CC2(F)F)cn1. The molecule has 8 heteroatoms. The predicted octanol–water partition coefficient (Wildman–Crippen LogP) is 2.73. The largest absolute Gasteiger partial charge is 0.347 e. The average Bonchev–Trinajstić information content (AvgIpc) is 2.89. The fraction of sp³-hybridized carbons (Fsp3) is 0.688. The molecular weight excluding hydrogens is 316 g/mol. The van der Waals surface area contributed by atoms with E-state index in [0.29, 0.717) is 24.5 Å². The monoisotopic (exact) mass is 337 g/mol. The topological polar surface area (TPSA) is 61.4 Å². The second-order valence-corrected chi connectivity index (χ2v) is 7.46. The number of hydrogen-bond acceptors (Lipinski definition) is 4. The number of alkyl halides is 2. The van der Waals surface area contributed by atoms with Crippen molar-refractivity contribution in [2.45, 2.75) is 50.1 Å². The molecule has 1 aliphatic carbocycles. The Balaban J connectivity index is 1.44. The highest BCUT2D eigenvalue weighted by molar-refractivity contribution is 5.89. The molecule has 3 aliphatic rings. The van der Waals surface area contributed by atoms with E-state index in [1.54, 1.807) is 22.2 Å². The average molecular weight is 337 g/mol. The van der Waals surface area contributed by atoms with Crippen LogP contribution in [0, 0.1) is 5.41 Å². The van der Waals surface area contributed by atoms with Crippen LogP contribution in [0.4, 0.5) is 25.2 Å². The summed E-state index contributed by atoms with van der Waals surface area (Å²) in [5, 5.41) is 2.80. The minimum Gasteiger partial charge on any atom is -0.347 e. The second kappa shape index (κ2) is 5.00. The molecule has 1 saturated carbocycles. The van der Waals surface area contributed by atoms with Crippen molar-refractivity contribution in [2.75, 3.05) is 24.3 Å². The molecule has 2 aliphatic heterocycles. The maximum Gasteiger partial charge on any atom is 0.322 e. The van der Waals surface area contributed by atoms with E-state index in [4.69, 9.17) is 0 Å². The van der Waals surface area contributed by atoms with Crippen molar-refractivity contribution in [3.63, 3.8) is 0 Å². The summed E-state index contributed by atoms with van der Waals surface area (Å²) >= 11 is 0. The van der Waals surface area contributed by atoms with Crippen molar-refractivity contribution in [1.82, 2.24) is 14.9 Å². The third-order valence-corrected chi connectivity index (χ3v) is 5.61. The fourth-order valence-corrected chi connectivity index (χ4v) is 4.31. The summed E-state index contributed by atoms with van der Waals surface area (Å²) in [7, 11) is 3.67. The number of halogens is 2. The first kappa shape index (κ1) is 15.5. The number of piperidine rings is 1. The van der Waals surface area contributed by atoms with Crippen LogP contribution in [0.1, 0.15) is 32.1 Å². The molecule has 3 fully saturated rings. The van der Waals surface area contributed by atoms with Crippen molar-refractivity contribution >= 4 is 17.7 Å². The van der Waals surface area contributed by atoms with Gasteiger partial charge in [0.15, 0.2) is 0 Å². The summed E-state index contributed by atoms with van der Waals surface area (Å²) in [5.74, 6) is -1.98. The first-order valence-corrected chi connectivity index (χ1v) is 8.28. The van der Waals surface area contributed by atoms with Gasteiger partial charge in [-0.15, -0.1) is 0 Å². The molecular formula is C16H21F2N5O. The lowest BCUT2D eigenvalue weighted by Crippen LogP contribution is -2.50. The van der Waals surface area contributed by atoms with Gasteiger partial charge in [-0.3, -0.25) is 0 Å². The van der Waals surface area contributed by atoms with Gasteiger partial charge in [-0.2, -0.15) is 0 Å². The number of aromatic nitrogens is 2. The Labute approximate surface area is 139 Å². The van der Waals surface area contributed by atoms with E-state index in [1.165, 1.54) is 0 Å². The molecule has 2 saturated heterocycles. The van der Waals surface area contributed by atoms with Gasteiger partial charge < -0.3 is 15.1 Å². The molecule has 6 nitrogen and oxygen atoms in total. The van der Waals surface area contributed by atoms with E-state index in [0.717, 1.165) is 12.8 Å². The van der Waals surface area contributed by atoms with Crippen LogP contribution in [0.5, 0.6) is 0 Å². The minimum absolute atomic E-state index is 0.0116. The van der Waals surface area contributed by atoms with E-state index in [1.807, 2.05) is 14.1 Å². The summed E-state index contributed by atoms with van der Waals surface area (Å²) in [6.45, 7) is 0. The Hall–Kier alpha value is -1.99. The van der Waals surface area contributed by atoms with Crippen LogP contribution in [0.3, 0.4) is 0 Å². The zero-order valence-electron chi connectivity index (χ0n) is 13.8. The Morgan fingerprint density at radius 2 is 1.79 bits per heavy atom. The molecule has 24 heavy (non-hydrogen) atoms. The quantitative estimate of drug-likeness (QED) is 0.901. The van der Waals surface area contributed by atoms with Crippen molar-refractivity contribution in [3.8, 4) is 0 Å². The smallest absolute Gasteiger partial charge is 0.322 e. The number of nitrogens with zero attached hydrogens (tertiary/aromatic N) is 4. The highest BCUT2D eigenvalue weighted by Crippen LogP contribution is 2.69. The van der Waals surface area contributed by atoms with Crippen LogP contribution in [0.25, 0.3) is 0 Å². The maximum absolute atomic E-state index is 13.7. The molecule has 1 spiro atoms. The lowest BCUT2D eigenvalue weighted by molar-refractivity contribution is 0.0186. The molecule has 130 valence electrons. The van der Waals surface area contributed by atoms with E-state index >= 15 is 0 Å². The molecule has 2 atom stereocenters. The van der Waals surface area contributed by atoms with Crippen LogP contribution >= 0.6 is 0 Å². The number of anilines is 2. The van der Waals surface area contributed by atoms with Crippen LogP contribution in [0.2, 0.25) is 0 Å². The van der Waals surface area contributed by atoms with Crippen LogP contribution < -0.4 is 10.2 Å². The number of hydrogen-bond donors (Lipinski definition) is 1. The van der Waals surface area contributed by atoms with E-state index < -0.39 is 11.3 Å². The first-order valence-electron chi connectivity index (χ1n) is 8.28. The number of carbonyl (C=O) groups excluding carboxylic acids is 1. The fourth-order valence-electron chi connectivity index (χ4n) is 4.31. The molecule has 3 heterocycles. The van der Waals surface area contributed by atoms with Crippen molar-refractivity contribution in [2.24, 2.45) is 5.41 Å². The second-order valence-electron chi connectivity index (χ2n) is 7.46. The maximum atomic E-state index is 13.7. The predicted molar refractivity (Wildman–Crippen MR) is 85.3 cm³/mol. The van der Waals surface area contributed by atoms with Crippen molar-refractivity contribution in [3.05, 3.63) is 12.4 Å². The minimum atomic E-state index is -2.54. The van der Waals surface area contributed by atoms with Gasteiger partial charge in [-0.25, -0.2) is 23.5 Å². The number of fused-ring (bicyclic) bond motifs is 2. The Bertz CT molecular complexity index is 649. The number of urea groups is 1. The summed E-state index contributed by atoms with van der Waals surface area (Å²) in [4.78, 5) is 24.5. The van der Waals surface area contributed by atoms with Crippen molar-refractivity contribution < 1.29 is 13.6 Å². The standard InChI is InChI=1S/C16H21F2N5O/c1-22(2)13-19-7-10(8-20-13)21-14(24)23-11-3-4-12(23)6-15(5-11)9-16(15,17)18/h7-8,11-12H,3-6,9H2,1-2H3,(H,21,24). The number of nitrogens with one attached hydrogen (secondary N) is 1. The normalized spacial score (nSPS) is 32.8. The Morgan fingerprint density at radius 3 is 2.25 bits per heavy atom. The first-order chi connectivity index (χ1) is 11.3. The zero-order chi connectivity index (χ0) is 17.1.